The largest absolute Gasteiger partial charge is 0.491 e. The Balaban J connectivity index is 1.53. The third-order valence-corrected chi connectivity index (χ3v) is 4.35. The van der Waals surface area contributed by atoms with E-state index in [4.69, 9.17) is 14.2 Å². The van der Waals surface area contributed by atoms with Crippen molar-refractivity contribution in [2.24, 2.45) is 5.92 Å². The first-order valence-corrected chi connectivity index (χ1v) is 7.59. The highest BCUT2D eigenvalue weighted by molar-refractivity contribution is 9.10. The van der Waals surface area contributed by atoms with Gasteiger partial charge in [-0.3, -0.25) is 0 Å². The molecule has 2 aliphatic rings. The third-order valence-electron chi connectivity index (χ3n) is 3.82. The molecule has 3 rings (SSSR count). The standard InChI is InChI=1S/C15H19BrO3/c1-15(11-2-3-11)10-17-8-14(19-15)9-18-13-6-4-12(16)5-7-13/h4-7,11,14H,2-3,8-10H2,1H3. The van der Waals surface area contributed by atoms with Crippen molar-refractivity contribution < 1.29 is 14.2 Å². The normalized spacial score (nSPS) is 31.2. The molecular weight excluding hydrogens is 308 g/mol. The van der Waals surface area contributed by atoms with Gasteiger partial charge in [-0.05, 0) is 49.9 Å². The molecule has 1 saturated carbocycles. The second-order valence-corrected chi connectivity index (χ2v) is 6.52. The Morgan fingerprint density at radius 2 is 2.05 bits per heavy atom. The molecule has 0 bridgehead atoms. The predicted molar refractivity (Wildman–Crippen MR) is 76.5 cm³/mol. The van der Waals surface area contributed by atoms with Crippen molar-refractivity contribution in [3.8, 4) is 5.75 Å². The highest BCUT2D eigenvalue weighted by Crippen LogP contribution is 2.43. The Morgan fingerprint density at radius 1 is 1.32 bits per heavy atom. The lowest BCUT2D eigenvalue weighted by molar-refractivity contribution is -0.206. The van der Waals surface area contributed by atoms with Crippen molar-refractivity contribution in [3.05, 3.63) is 28.7 Å². The SMILES string of the molecule is CC1(C2CC2)COCC(COc2ccc(Br)cc2)O1. The fourth-order valence-electron chi connectivity index (χ4n) is 2.55. The van der Waals surface area contributed by atoms with Crippen LogP contribution in [0.5, 0.6) is 5.75 Å². The molecular formula is C15H19BrO3. The van der Waals surface area contributed by atoms with E-state index in [1.54, 1.807) is 0 Å². The van der Waals surface area contributed by atoms with Crippen molar-refractivity contribution in [2.75, 3.05) is 19.8 Å². The van der Waals surface area contributed by atoms with E-state index in [9.17, 15) is 0 Å². The van der Waals surface area contributed by atoms with Gasteiger partial charge in [0.2, 0.25) is 0 Å². The summed E-state index contributed by atoms with van der Waals surface area (Å²) in [6, 6.07) is 7.85. The van der Waals surface area contributed by atoms with Crippen LogP contribution in [0.2, 0.25) is 0 Å². The average molecular weight is 327 g/mol. The lowest BCUT2D eigenvalue weighted by Crippen LogP contribution is -2.48. The lowest BCUT2D eigenvalue weighted by atomic mass is 10.00. The maximum Gasteiger partial charge on any atom is 0.119 e. The first kappa shape index (κ1) is 13.4. The quantitative estimate of drug-likeness (QED) is 0.848. The minimum absolute atomic E-state index is 0.0306. The Kier molecular flexibility index (Phi) is 3.83. The predicted octanol–water partition coefficient (Wildman–Crippen LogP) is 3.41. The van der Waals surface area contributed by atoms with Gasteiger partial charge in [-0.25, -0.2) is 0 Å². The van der Waals surface area contributed by atoms with Crippen LogP contribution in [0.4, 0.5) is 0 Å². The van der Waals surface area contributed by atoms with Gasteiger partial charge in [0.25, 0.3) is 0 Å². The summed E-state index contributed by atoms with van der Waals surface area (Å²) < 4.78 is 18.7. The number of rotatable bonds is 4. The van der Waals surface area contributed by atoms with Crippen LogP contribution in [0.15, 0.2) is 28.7 Å². The third kappa shape index (κ3) is 3.30. The molecule has 1 aliphatic carbocycles. The summed E-state index contributed by atoms with van der Waals surface area (Å²) in [6.45, 7) is 4.05. The molecule has 0 N–H and O–H groups in total. The molecule has 0 radical (unpaired) electrons. The zero-order chi connectivity index (χ0) is 13.3. The van der Waals surface area contributed by atoms with E-state index in [0.29, 0.717) is 25.7 Å². The summed E-state index contributed by atoms with van der Waals surface area (Å²) in [6.07, 6.45) is 2.56. The van der Waals surface area contributed by atoms with E-state index >= 15 is 0 Å². The summed E-state index contributed by atoms with van der Waals surface area (Å²) >= 11 is 3.41. The molecule has 2 unspecified atom stereocenters. The van der Waals surface area contributed by atoms with E-state index in [1.807, 2.05) is 24.3 Å². The van der Waals surface area contributed by atoms with Crippen LogP contribution in [-0.4, -0.2) is 31.5 Å². The van der Waals surface area contributed by atoms with Crippen molar-refractivity contribution in [1.29, 1.82) is 0 Å². The molecule has 0 aromatic heterocycles. The zero-order valence-electron chi connectivity index (χ0n) is 11.1. The Labute approximate surface area is 122 Å². The van der Waals surface area contributed by atoms with E-state index < -0.39 is 0 Å². The van der Waals surface area contributed by atoms with Gasteiger partial charge < -0.3 is 14.2 Å². The first-order valence-electron chi connectivity index (χ1n) is 6.80. The molecule has 4 heteroatoms. The smallest absolute Gasteiger partial charge is 0.119 e. The van der Waals surface area contributed by atoms with Gasteiger partial charge in [0, 0.05) is 4.47 Å². The minimum Gasteiger partial charge on any atom is -0.491 e. The second kappa shape index (κ2) is 5.43. The first-order chi connectivity index (χ1) is 9.16. The summed E-state index contributed by atoms with van der Waals surface area (Å²) in [7, 11) is 0. The highest BCUT2D eigenvalue weighted by atomic mass is 79.9. The van der Waals surface area contributed by atoms with Crippen LogP contribution in [-0.2, 0) is 9.47 Å². The molecule has 0 amide bonds. The Morgan fingerprint density at radius 3 is 2.74 bits per heavy atom. The number of benzene rings is 1. The lowest BCUT2D eigenvalue weighted by Gasteiger charge is -2.38. The van der Waals surface area contributed by atoms with Crippen molar-refractivity contribution >= 4 is 15.9 Å². The summed E-state index contributed by atoms with van der Waals surface area (Å²) in [5.74, 6) is 1.54. The summed E-state index contributed by atoms with van der Waals surface area (Å²) in [5.41, 5.74) is -0.105. The summed E-state index contributed by atoms with van der Waals surface area (Å²) in [4.78, 5) is 0. The van der Waals surface area contributed by atoms with Crippen LogP contribution in [0.3, 0.4) is 0 Å². The zero-order valence-corrected chi connectivity index (χ0v) is 12.7. The number of halogens is 1. The molecule has 104 valence electrons. The number of hydrogen-bond acceptors (Lipinski definition) is 3. The molecule has 1 aromatic rings. The molecule has 1 aromatic carbocycles. The summed E-state index contributed by atoms with van der Waals surface area (Å²) in [5, 5.41) is 0. The molecule has 1 saturated heterocycles. The van der Waals surface area contributed by atoms with Crippen LogP contribution < -0.4 is 4.74 Å². The fraction of sp³-hybridized carbons (Fsp3) is 0.600. The Hall–Kier alpha value is -0.580. The number of ether oxygens (including phenoxy) is 3. The van der Waals surface area contributed by atoms with E-state index in [0.717, 1.165) is 10.2 Å². The maximum absolute atomic E-state index is 6.18. The van der Waals surface area contributed by atoms with Gasteiger partial charge in [0.15, 0.2) is 0 Å². The van der Waals surface area contributed by atoms with Crippen LogP contribution in [0, 0.1) is 5.92 Å². The van der Waals surface area contributed by atoms with Gasteiger partial charge in [0.1, 0.15) is 18.5 Å². The van der Waals surface area contributed by atoms with Gasteiger partial charge in [-0.2, -0.15) is 0 Å². The molecule has 1 heterocycles. The van der Waals surface area contributed by atoms with Crippen molar-refractivity contribution in [3.63, 3.8) is 0 Å². The number of hydrogen-bond donors (Lipinski definition) is 0. The van der Waals surface area contributed by atoms with Gasteiger partial charge in [-0.1, -0.05) is 15.9 Å². The molecule has 3 nitrogen and oxygen atoms in total. The van der Waals surface area contributed by atoms with Gasteiger partial charge >= 0.3 is 0 Å². The van der Waals surface area contributed by atoms with Crippen LogP contribution >= 0.6 is 15.9 Å². The molecule has 1 aliphatic heterocycles. The molecule has 2 fully saturated rings. The minimum atomic E-state index is -0.105. The van der Waals surface area contributed by atoms with Crippen LogP contribution in [0.25, 0.3) is 0 Å². The molecule has 0 spiro atoms. The van der Waals surface area contributed by atoms with E-state index in [1.165, 1.54) is 12.8 Å². The fourth-order valence-corrected chi connectivity index (χ4v) is 2.82. The highest BCUT2D eigenvalue weighted by Gasteiger charge is 2.46. The van der Waals surface area contributed by atoms with Crippen molar-refractivity contribution in [2.45, 2.75) is 31.5 Å². The maximum atomic E-state index is 6.18. The second-order valence-electron chi connectivity index (χ2n) is 5.61. The molecule has 2 atom stereocenters. The van der Waals surface area contributed by atoms with E-state index in [-0.39, 0.29) is 11.7 Å². The topological polar surface area (TPSA) is 27.7 Å². The monoisotopic (exact) mass is 326 g/mol. The van der Waals surface area contributed by atoms with Gasteiger partial charge in [0.05, 0.1) is 18.8 Å². The molecule has 19 heavy (non-hydrogen) atoms. The van der Waals surface area contributed by atoms with Gasteiger partial charge in [-0.15, -0.1) is 0 Å². The van der Waals surface area contributed by atoms with E-state index in [2.05, 4.69) is 22.9 Å². The van der Waals surface area contributed by atoms with Crippen molar-refractivity contribution in [1.82, 2.24) is 0 Å². The Bertz CT molecular complexity index is 430. The average Bonchev–Trinajstić information content (AvgIpc) is 3.23. The van der Waals surface area contributed by atoms with Crippen LogP contribution in [0.1, 0.15) is 19.8 Å².